The summed E-state index contributed by atoms with van der Waals surface area (Å²) < 4.78 is 0. The Morgan fingerprint density at radius 2 is 1.80 bits per heavy atom. The van der Waals surface area contributed by atoms with Crippen molar-refractivity contribution in [3.63, 3.8) is 0 Å². The number of carbonyl (C=O) groups is 2. The van der Waals surface area contributed by atoms with Crippen molar-refractivity contribution in [1.29, 1.82) is 0 Å². The van der Waals surface area contributed by atoms with Crippen LogP contribution in [0.15, 0.2) is 24.3 Å². The Labute approximate surface area is 120 Å². The number of carboxylic acids is 1. The molecule has 0 aliphatic heterocycles. The van der Waals surface area contributed by atoms with Gasteiger partial charge in [0.25, 0.3) is 0 Å². The van der Waals surface area contributed by atoms with E-state index in [1.165, 1.54) is 11.0 Å². The maximum Gasteiger partial charge on any atom is 0.337 e. The maximum atomic E-state index is 12.3. The standard InChI is InChI=1S/C16H23NO3/c1-11(16(2,3)4)10-14(18)17(5)13-9-7-6-8-12(13)15(19)20/h6-9,11H,10H2,1-5H3,(H,19,20). The molecule has 0 saturated carbocycles. The Hall–Kier alpha value is -1.84. The van der Waals surface area contributed by atoms with Crippen LogP contribution in [0, 0.1) is 11.3 Å². The van der Waals surface area contributed by atoms with E-state index in [9.17, 15) is 9.59 Å². The molecule has 0 heterocycles. The van der Waals surface area contributed by atoms with Crippen LogP contribution < -0.4 is 4.90 Å². The van der Waals surface area contributed by atoms with Gasteiger partial charge in [0.2, 0.25) is 5.91 Å². The van der Waals surface area contributed by atoms with Gasteiger partial charge in [-0.2, -0.15) is 0 Å². The zero-order valence-electron chi connectivity index (χ0n) is 12.8. The summed E-state index contributed by atoms with van der Waals surface area (Å²) in [6, 6.07) is 6.56. The van der Waals surface area contributed by atoms with E-state index >= 15 is 0 Å². The van der Waals surface area contributed by atoms with Gasteiger partial charge in [-0.3, -0.25) is 4.79 Å². The van der Waals surface area contributed by atoms with Crippen LogP contribution >= 0.6 is 0 Å². The maximum absolute atomic E-state index is 12.3. The SMILES string of the molecule is CC(CC(=O)N(C)c1ccccc1C(=O)O)C(C)(C)C. The molecule has 0 fully saturated rings. The predicted octanol–water partition coefficient (Wildman–Crippen LogP) is 3.42. The second-order valence-corrected chi connectivity index (χ2v) is 6.25. The fraction of sp³-hybridized carbons (Fsp3) is 0.500. The zero-order valence-corrected chi connectivity index (χ0v) is 12.8. The van der Waals surface area contributed by atoms with Crippen molar-refractivity contribution in [3.8, 4) is 0 Å². The highest BCUT2D eigenvalue weighted by molar-refractivity contribution is 6.01. The molecule has 1 aromatic rings. The summed E-state index contributed by atoms with van der Waals surface area (Å²) in [5.74, 6) is -0.875. The van der Waals surface area contributed by atoms with Gasteiger partial charge in [0, 0.05) is 13.5 Å². The first-order chi connectivity index (χ1) is 9.14. The van der Waals surface area contributed by atoms with E-state index < -0.39 is 5.97 Å². The van der Waals surface area contributed by atoms with Crippen LogP contribution in [0.2, 0.25) is 0 Å². The zero-order chi connectivity index (χ0) is 15.5. The molecule has 0 aliphatic carbocycles. The fourth-order valence-electron chi connectivity index (χ4n) is 1.79. The highest BCUT2D eigenvalue weighted by Gasteiger charge is 2.25. The number of carbonyl (C=O) groups excluding carboxylic acids is 1. The Morgan fingerprint density at radius 3 is 2.30 bits per heavy atom. The molecule has 1 amide bonds. The summed E-state index contributed by atoms with van der Waals surface area (Å²) in [6.07, 6.45) is 0.397. The van der Waals surface area contributed by atoms with E-state index in [1.54, 1.807) is 25.2 Å². The van der Waals surface area contributed by atoms with Crippen LogP contribution in [0.25, 0.3) is 0 Å². The normalized spacial score (nSPS) is 12.8. The molecule has 20 heavy (non-hydrogen) atoms. The predicted molar refractivity (Wildman–Crippen MR) is 80.0 cm³/mol. The summed E-state index contributed by atoms with van der Waals surface area (Å²) in [4.78, 5) is 24.9. The molecule has 1 rings (SSSR count). The first kappa shape index (κ1) is 16.2. The van der Waals surface area contributed by atoms with E-state index in [2.05, 4.69) is 20.8 Å². The molecule has 0 bridgehead atoms. The van der Waals surface area contributed by atoms with Crippen LogP contribution in [0.1, 0.15) is 44.5 Å². The molecule has 0 saturated heterocycles. The molecule has 4 nitrogen and oxygen atoms in total. The van der Waals surface area contributed by atoms with Gasteiger partial charge in [0.05, 0.1) is 11.3 Å². The lowest BCUT2D eigenvalue weighted by molar-refractivity contribution is -0.119. The third-order valence-corrected chi connectivity index (χ3v) is 3.83. The van der Waals surface area contributed by atoms with Crippen LogP contribution in [-0.4, -0.2) is 24.0 Å². The van der Waals surface area contributed by atoms with Crippen molar-refractivity contribution in [2.45, 2.75) is 34.1 Å². The molecular formula is C16H23NO3. The fourth-order valence-corrected chi connectivity index (χ4v) is 1.79. The summed E-state index contributed by atoms with van der Waals surface area (Å²) in [6.45, 7) is 8.32. The Balaban J connectivity index is 2.93. The molecule has 1 N–H and O–H groups in total. The number of carboxylic acid groups (broad SMARTS) is 1. The number of para-hydroxylation sites is 1. The van der Waals surface area contributed by atoms with Crippen LogP contribution in [0.3, 0.4) is 0 Å². The Bertz CT molecular complexity index is 503. The molecule has 0 spiro atoms. The van der Waals surface area contributed by atoms with Gasteiger partial charge < -0.3 is 10.0 Å². The number of rotatable bonds is 4. The molecule has 1 atom stereocenters. The number of benzene rings is 1. The number of hydrogen-bond acceptors (Lipinski definition) is 2. The highest BCUT2D eigenvalue weighted by Crippen LogP contribution is 2.29. The van der Waals surface area contributed by atoms with E-state index in [0.717, 1.165) is 0 Å². The van der Waals surface area contributed by atoms with Gasteiger partial charge in [-0.05, 0) is 23.5 Å². The lowest BCUT2D eigenvalue weighted by Crippen LogP contribution is -2.32. The molecule has 1 aromatic carbocycles. The smallest absolute Gasteiger partial charge is 0.337 e. The first-order valence-electron chi connectivity index (χ1n) is 6.73. The number of nitrogens with zero attached hydrogens (tertiary/aromatic N) is 1. The van der Waals surface area contributed by atoms with Crippen molar-refractivity contribution in [2.24, 2.45) is 11.3 Å². The van der Waals surface area contributed by atoms with E-state index in [4.69, 9.17) is 5.11 Å². The number of hydrogen-bond donors (Lipinski definition) is 1. The van der Waals surface area contributed by atoms with Crippen molar-refractivity contribution < 1.29 is 14.7 Å². The molecule has 0 aromatic heterocycles. The van der Waals surface area contributed by atoms with E-state index in [-0.39, 0.29) is 22.8 Å². The topological polar surface area (TPSA) is 57.6 Å². The summed E-state index contributed by atoms with van der Waals surface area (Å²) in [5, 5.41) is 9.17. The van der Waals surface area contributed by atoms with Gasteiger partial charge in [-0.25, -0.2) is 4.79 Å². The van der Waals surface area contributed by atoms with Crippen molar-refractivity contribution >= 4 is 17.6 Å². The summed E-state index contributed by atoms with van der Waals surface area (Å²) in [7, 11) is 1.62. The quantitative estimate of drug-likeness (QED) is 0.917. The van der Waals surface area contributed by atoms with Gasteiger partial charge in [0.15, 0.2) is 0 Å². The number of aromatic carboxylic acids is 1. The molecule has 110 valence electrons. The van der Waals surface area contributed by atoms with Crippen LogP contribution in [-0.2, 0) is 4.79 Å². The molecule has 4 heteroatoms. The third kappa shape index (κ3) is 3.83. The molecular weight excluding hydrogens is 254 g/mol. The monoisotopic (exact) mass is 277 g/mol. The van der Waals surface area contributed by atoms with Gasteiger partial charge in [-0.15, -0.1) is 0 Å². The van der Waals surface area contributed by atoms with Crippen LogP contribution in [0.4, 0.5) is 5.69 Å². The van der Waals surface area contributed by atoms with Gasteiger partial charge >= 0.3 is 5.97 Å². The second kappa shape index (κ2) is 6.07. The third-order valence-electron chi connectivity index (χ3n) is 3.83. The molecule has 1 unspecified atom stereocenters. The minimum Gasteiger partial charge on any atom is -0.478 e. The Kier molecular flexibility index (Phi) is 4.93. The van der Waals surface area contributed by atoms with E-state index in [0.29, 0.717) is 12.1 Å². The summed E-state index contributed by atoms with van der Waals surface area (Å²) in [5.41, 5.74) is 0.626. The molecule has 0 radical (unpaired) electrons. The van der Waals surface area contributed by atoms with Crippen molar-refractivity contribution in [2.75, 3.05) is 11.9 Å². The lowest BCUT2D eigenvalue weighted by Gasteiger charge is -2.29. The van der Waals surface area contributed by atoms with Crippen molar-refractivity contribution in [3.05, 3.63) is 29.8 Å². The van der Waals surface area contributed by atoms with Crippen molar-refractivity contribution in [1.82, 2.24) is 0 Å². The first-order valence-corrected chi connectivity index (χ1v) is 6.73. The lowest BCUT2D eigenvalue weighted by atomic mass is 9.80. The Morgan fingerprint density at radius 1 is 1.25 bits per heavy atom. The second-order valence-electron chi connectivity index (χ2n) is 6.25. The number of amides is 1. The average molecular weight is 277 g/mol. The molecule has 0 aliphatic rings. The van der Waals surface area contributed by atoms with E-state index in [1.807, 2.05) is 6.92 Å². The largest absolute Gasteiger partial charge is 0.478 e. The minimum atomic E-state index is -1.02. The van der Waals surface area contributed by atoms with Gasteiger partial charge in [-0.1, -0.05) is 39.8 Å². The highest BCUT2D eigenvalue weighted by atomic mass is 16.4. The average Bonchev–Trinajstić information content (AvgIpc) is 2.36. The van der Waals surface area contributed by atoms with Gasteiger partial charge in [0.1, 0.15) is 0 Å². The minimum absolute atomic E-state index is 0.0445. The summed E-state index contributed by atoms with van der Waals surface area (Å²) >= 11 is 0. The van der Waals surface area contributed by atoms with Crippen LogP contribution in [0.5, 0.6) is 0 Å². The number of anilines is 1.